The van der Waals surface area contributed by atoms with Gasteiger partial charge in [0.25, 0.3) is 0 Å². The van der Waals surface area contributed by atoms with E-state index >= 15 is 0 Å². The number of hydrogen-bond donors (Lipinski definition) is 2. The van der Waals surface area contributed by atoms with E-state index in [1.54, 1.807) is 0 Å². The number of rotatable bonds is 10. The van der Waals surface area contributed by atoms with Gasteiger partial charge in [0, 0.05) is 44.1 Å². The zero-order chi connectivity index (χ0) is 18.6. The number of halogens is 1. The number of ether oxygens (including phenoxy) is 1. The molecular weight excluding hydrogens is 453 g/mol. The summed E-state index contributed by atoms with van der Waals surface area (Å²) >= 11 is 0. The van der Waals surface area contributed by atoms with Crippen molar-refractivity contribution in [2.45, 2.75) is 20.0 Å². The van der Waals surface area contributed by atoms with Crippen LogP contribution in [0, 0.1) is 0 Å². The molecule has 0 atom stereocenters. The van der Waals surface area contributed by atoms with Gasteiger partial charge in [-0.3, -0.25) is 0 Å². The number of benzene rings is 1. The van der Waals surface area contributed by atoms with Crippen molar-refractivity contribution in [3.05, 3.63) is 54.4 Å². The highest BCUT2D eigenvalue weighted by molar-refractivity contribution is 14.0. The van der Waals surface area contributed by atoms with Crippen LogP contribution in [0.15, 0.2) is 53.8 Å². The van der Waals surface area contributed by atoms with E-state index < -0.39 is 0 Å². The SMILES string of the molecule is CCNC(=NCc1ccccc1OCCN(C)C)NCCn1cccc1.I. The van der Waals surface area contributed by atoms with Crippen LogP contribution in [0.5, 0.6) is 5.75 Å². The molecule has 1 heterocycles. The Labute approximate surface area is 180 Å². The second-order valence-corrected chi connectivity index (χ2v) is 6.30. The minimum atomic E-state index is 0. The van der Waals surface area contributed by atoms with Crippen LogP contribution in [0.25, 0.3) is 0 Å². The maximum absolute atomic E-state index is 5.92. The van der Waals surface area contributed by atoms with E-state index in [0.717, 1.165) is 43.5 Å². The lowest BCUT2D eigenvalue weighted by molar-refractivity contribution is 0.259. The molecule has 0 fully saturated rings. The number of likely N-dealkylation sites (N-methyl/N-ethyl adjacent to an activating group) is 1. The van der Waals surface area contributed by atoms with Gasteiger partial charge in [-0.05, 0) is 39.2 Å². The zero-order valence-corrected chi connectivity index (χ0v) is 18.8. The topological polar surface area (TPSA) is 53.8 Å². The molecule has 0 aliphatic heterocycles. The Balaban J connectivity index is 0.00000364. The monoisotopic (exact) mass is 485 g/mol. The van der Waals surface area contributed by atoms with Gasteiger partial charge < -0.3 is 24.8 Å². The number of para-hydroxylation sites is 1. The van der Waals surface area contributed by atoms with E-state index in [1.807, 2.05) is 44.4 Å². The Morgan fingerprint density at radius 1 is 1.11 bits per heavy atom. The van der Waals surface area contributed by atoms with E-state index in [4.69, 9.17) is 9.73 Å². The number of guanidine groups is 1. The summed E-state index contributed by atoms with van der Waals surface area (Å²) in [6.45, 7) is 6.77. The third kappa shape index (κ3) is 9.14. The third-order valence-corrected chi connectivity index (χ3v) is 3.85. The quantitative estimate of drug-likeness (QED) is 0.309. The molecule has 0 saturated carbocycles. The summed E-state index contributed by atoms with van der Waals surface area (Å²) in [6, 6.07) is 12.2. The Morgan fingerprint density at radius 3 is 2.56 bits per heavy atom. The molecule has 0 bridgehead atoms. The minimum Gasteiger partial charge on any atom is -0.492 e. The van der Waals surface area contributed by atoms with Crippen molar-refractivity contribution in [1.82, 2.24) is 20.1 Å². The smallest absolute Gasteiger partial charge is 0.191 e. The second kappa shape index (κ2) is 13.4. The minimum absolute atomic E-state index is 0. The van der Waals surface area contributed by atoms with Crippen LogP contribution in [0.4, 0.5) is 0 Å². The van der Waals surface area contributed by atoms with Crippen LogP contribution in [-0.4, -0.2) is 55.8 Å². The number of nitrogens with zero attached hydrogens (tertiary/aromatic N) is 3. The summed E-state index contributed by atoms with van der Waals surface area (Å²) in [5.41, 5.74) is 1.09. The van der Waals surface area contributed by atoms with Gasteiger partial charge in [0.05, 0.1) is 6.54 Å². The second-order valence-electron chi connectivity index (χ2n) is 6.30. The molecule has 0 unspecified atom stereocenters. The molecule has 2 N–H and O–H groups in total. The summed E-state index contributed by atoms with van der Waals surface area (Å²) in [7, 11) is 4.09. The summed E-state index contributed by atoms with van der Waals surface area (Å²) in [5, 5.41) is 6.67. The molecule has 2 aromatic rings. The Morgan fingerprint density at radius 2 is 1.85 bits per heavy atom. The number of aromatic nitrogens is 1. The predicted molar refractivity (Wildman–Crippen MR) is 123 cm³/mol. The van der Waals surface area contributed by atoms with Gasteiger partial charge in [0.15, 0.2) is 5.96 Å². The highest BCUT2D eigenvalue weighted by Gasteiger charge is 2.04. The summed E-state index contributed by atoms with van der Waals surface area (Å²) < 4.78 is 8.06. The molecule has 7 heteroatoms. The van der Waals surface area contributed by atoms with Crippen molar-refractivity contribution < 1.29 is 4.74 Å². The fraction of sp³-hybridized carbons (Fsp3) is 0.450. The highest BCUT2D eigenvalue weighted by Crippen LogP contribution is 2.18. The Bertz CT molecular complexity index is 658. The Kier molecular flexibility index (Phi) is 11.6. The van der Waals surface area contributed by atoms with Crippen molar-refractivity contribution in [3.63, 3.8) is 0 Å². The maximum atomic E-state index is 5.92. The molecule has 0 spiro atoms. The molecule has 2 rings (SSSR count). The first-order valence-electron chi connectivity index (χ1n) is 9.17. The molecule has 27 heavy (non-hydrogen) atoms. The fourth-order valence-corrected chi connectivity index (χ4v) is 2.44. The normalized spacial score (nSPS) is 11.2. The van der Waals surface area contributed by atoms with E-state index in [-0.39, 0.29) is 24.0 Å². The zero-order valence-electron chi connectivity index (χ0n) is 16.5. The number of aliphatic imine (C=N–C) groups is 1. The van der Waals surface area contributed by atoms with E-state index in [2.05, 4.69) is 45.5 Å². The molecule has 0 saturated heterocycles. The van der Waals surface area contributed by atoms with Crippen LogP contribution in [-0.2, 0) is 13.1 Å². The predicted octanol–water partition coefficient (Wildman–Crippen LogP) is 2.80. The lowest BCUT2D eigenvalue weighted by Crippen LogP contribution is -2.38. The summed E-state index contributed by atoms with van der Waals surface area (Å²) in [6.07, 6.45) is 4.13. The molecule has 6 nitrogen and oxygen atoms in total. The van der Waals surface area contributed by atoms with E-state index in [9.17, 15) is 0 Å². The van der Waals surface area contributed by atoms with Gasteiger partial charge in [-0.2, -0.15) is 0 Å². The molecule has 0 aliphatic rings. The van der Waals surface area contributed by atoms with Gasteiger partial charge >= 0.3 is 0 Å². The standard InChI is InChI=1S/C20H31N5O.HI/c1-4-21-20(22-11-14-25-12-7-8-13-25)23-17-18-9-5-6-10-19(18)26-16-15-24(2)3;/h5-10,12-13H,4,11,14-17H2,1-3H3,(H2,21,22,23);1H. The van der Waals surface area contributed by atoms with Gasteiger partial charge in [0.2, 0.25) is 0 Å². The van der Waals surface area contributed by atoms with E-state index in [1.165, 1.54) is 0 Å². The van der Waals surface area contributed by atoms with Crippen LogP contribution in [0.3, 0.4) is 0 Å². The number of nitrogens with one attached hydrogen (secondary N) is 2. The summed E-state index contributed by atoms with van der Waals surface area (Å²) in [5.74, 6) is 1.73. The van der Waals surface area contributed by atoms with Crippen molar-refractivity contribution in [2.75, 3.05) is 40.3 Å². The van der Waals surface area contributed by atoms with Crippen LogP contribution < -0.4 is 15.4 Å². The van der Waals surface area contributed by atoms with Crippen molar-refractivity contribution in [3.8, 4) is 5.75 Å². The van der Waals surface area contributed by atoms with Crippen LogP contribution in [0.1, 0.15) is 12.5 Å². The van der Waals surface area contributed by atoms with Crippen molar-refractivity contribution >= 4 is 29.9 Å². The first-order valence-corrected chi connectivity index (χ1v) is 9.17. The maximum Gasteiger partial charge on any atom is 0.191 e. The molecular formula is C20H32IN5O. The largest absolute Gasteiger partial charge is 0.492 e. The van der Waals surface area contributed by atoms with Crippen LogP contribution >= 0.6 is 24.0 Å². The highest BCUT2D eigenvalue weighted by atomic mass is 127. The molecule has 0 aliphatic carbocycles. The van der Waals surface area contributed by atoms with Gasteiger partial charge in [-0.1, -0.05) is 18.2 Å². The third-order valence-electron chi connectivity index (χ3n) is 3.85. The summed E-state index contributed by atoms with van der Waals surface area (Å²) in [4.78, 5) is 6.81. The molecule has 150 valence electrons. The molecule has 0 amide bonds. The molecule has 0 radical (unpaired) electrons. The number of hydrogen-bond acceptors (Lipinski definition) is 3. The van der Waals surface area contributed by atoms with Gasteiger partial charge in [-0.15, -0.1) is 24.0 Å². The van der Waals surface area contributed by atoms with E-state index in [0.29, 0.717) is 13.2 Å². The molecule has 1 aromatic carbocycles. The first-order chi connectivity index (χ1) is 12.7. The molecule has 1 aromatic heterocycles. The van der Waals surface area contributed by atoms with Crippen molar-refractivity contribution in [2.24, 2.45) is 4.99 Å². The Hall–Kier alpha value is -1.74. The van der Waals surface area contributed by atoms with Gasteiger partial charge in [0.1, 0.15) is 12.4 Å². The average Bonchev–Trinajstić information content (AvgIpc) is 3.14. The van der Waals surface area contributed by atoms with Crippen LogP contribution in [0.2, 0.25) is 0 Å². The average molecular weight is 485 g/mol. The van der Waals surface area contributed by atoms with Crippen molar-refractivity contribution in [1.29, 1.82) is 0 Å². The fourth-order valence-electron chi connectivity index (χ4n) is 2.44. The van der Waals surface area contributed by atoms with Gasteiger partial charge in [-0.25, -0.2) is 4.99 Å². The first kappa shape index (κ1) is 23.3. The lowest BCUT2D eigenvalue weighted by Gasteiger charge is -2.14. The lowest BCUT2D eigenvalue weighted by atomic mass is 10.2.